The van der Waals surface area contributed by atoms with E-state index in [0.29, 0.717) is 35.5 Å². The Kier molecular flexibility index (Phi) is 4.79. The van der Waals surface area contributed by atoms with Gasteiger partial charge >= 0.3 is 0 Å². The van der Waals surface area contributed by atoms with Crippen LogP contribution in [0.15, 0.2) is 60.9 Å². The van der Waals surface area contributed by atoms with Crippen LogP contribution in [0.1, 0.15) is 13.3 Å². The Morgan fingerprint density at radius 1 is 1.04 bits per heavy atom. The van der Waals surface area contributed by atoms with Crippen LogP contribution < -0.4 is 9.80 Å². The van der Waals surface area contributed by atoms with Crippen LogP contribution in [-0.4, -0.2) is 28.2 Å². The van der Waals surface area contributed by atoms with Gasteiger partial charge in [0.25, 0.3) is 0 Å². The third kappa shape index (κ3) is 3.34. The first-order valence-corrected chi connectivity index (χ1v) is 9.29. The van der Waals surface area contributed by atoms with Crippen LogP contribution in [0.4, 0.5) is 17.1 Å². The summed E-state index contributed by atoms with van der Waals surface area (Å²) < 4.78 is 0. The summed E-state index contributed by atoms with van der Waals surface area (Å²) in [5.41, 5.74) is 3.56. The molecule has 0 spiro atoms. The summed E-state index contributed by atoms with van der Waals surface area (Å²) in [4.78, 5) is 12.5. The molecule has 140 valence electrons. The van der Waals surface area contributed by atoms with Crippen molar-refractivity contribution in [1.82, 2.24) is 9.97 Å². The van der Waals surface area contributed by atoms with E-state index in [4.69, 9.17) is 22.4 Å². The average Bonchev–Trinajstić information content (AvgIpc) is 2.85. The molecule has 0 amide bonds. The van der Waals surface area contributed by atoms with Gasteiger partial charge in [0.15, 0.2) is 5.82 Å². The molecule has 28 heavy (non-hydrogen) atoms. The number of halogens is 1. The minimum Gasteiger partial charge on any atom is -0.339 e. The Balaban J connectivity index is 1.91. The largest absolute Gasteiger partial charge is 0.339 e. The number of fused-ring (bicyclic) bond motifs is 1. The van der Waals surface area contributed by atoms with Crippen molar-refractivity contribution in [3.8, 4) is 11.4 Å². The van der Waals surface area contributed by atoms with E-state index in [1.54, 1.807) is 30.3 Å². The van der Waals surface area contributed by atoms with Gasteiger partial charge in [-0.15, -0.1) is 0 Å². The molecule has 2 N–H and O–H groups in total. The zero-order chi connectivity index (χ0) is 19.7. The molecule has 0 aliphatic carbocycles. The molecule has 2 aromatic carbocycles. The van der Waals surface area contributed by atoms with Crippen molar-refractivity contribution in [2.75, 3.05) is 16.3 Å². The topological polar surface area (TPSA) is 80.0 Å². The van der Waals surface area contributed by atoms with Crippen molar-refractivity contribution in [2.45, 2.75) is 13.3 Å². The van der Waals surface area contributed by atoms with E-state index in [1.807, 2.05) is 42.5 Å². The summed E-state index contributed by atoms with van der Waals surface area (Å²) in [5, 5.41) is 17.3. The second kappa shape index (κ2) is 7.40. The van der Waals surface area contributed by atoms with Crippen molar-refractivity contribution in [1.29, 1.82) is 10.8 Å². The van der Waals surface area contributed by atoms with Crippen molar-refractivity contribution in [3.05, 3.63) is 65.9 Å². The Bertz CT molecular complexity index is 1030. The van der Waals surface area contributed by atoms with Crippen LogP contribution in [0, 0.1) is 10.8 Å². The second-order valence-corrected chi connectivity index (χ2v) is 6.96. The standard InChI is InChI=1S/C21H19ClN6/c1-14(23)28-18-8-3-15(21-25-10-2-11-26-21)13-19(18)27(12-9-20(28)24)17-6-4-16(22)5-7-17/h2-8,10-11,13,23-24H,9,12H2,1H3. The fraction of sp³-hybridized carbons (Fsp3) is 0.143. The number of nitrogens with one attached hydrogen (secondary N) is 2. The van der Waals surface area contributed by atoms with Gasteiger partial charge in [-0.25, -0.2) is 9.97 Å². The number of benzene rings is 2. The predicted octanol–water partition coefficient (Wildman–Crippen LogP) is 5.12. The first kappa shape index (κ1) is 18.1. The van der Waals surface area contributed by atoms with E-state index in [9.17, 15) is 0 Å². The van der Waals surface area contributed by atoms with Gasteiger partial charge in [0.2, 0.25) is 0 Å². The molecule has 2 heterocycles. The molecule has 0 bridgehead atoms. The first-order chi connectivity index (χ1) is 13.5. The number of hydrogen-bond acceptors (Lipinski definition) is 5. The maximum atomic E-state index is 8.46. The minimum absolute atomic E-state index is 0.313. The Morgan fingerprint density at radius 2 is 1.75 bits per heavy atom. The van der Waals surface area contributed by atoms with Gasteiger partial charge in [-0.2, -0.15) is 0 Å². The van der Waals surface area contributed by atoms with Gasteiger partial charge in [-0.1, -0.05) is 11.6 Å². The molecule has 0 saturated carbocycles. The predicted molar refractivity (Wildman–Crippen MR) is 114 cm³/mol. The lowest BCUT2D eigenvalue weighted by Gasteiger charge is -2.27. The van der Waals surface area contributed by atoms with Crippen LogP contribution in [0.25, 0.3) is 11.4 Å². The molecular formula is C21H19ClN6. The molecule has 1 aliphatic rings. The van der Waals surface area contributed by atoms with Gasteiger partial charge < -0.3 is 4.90 Å². The third-order valence-corrected chi connectivity index (χ3v) is 4.90. The monoisotopic (exact) mass is 390 g/mol. The van der Waals surface area contributed by atoms with Crippen molar-refractivity contribution >= 4 is 40.3 Å². The van der Waals surface area contributed by atoms with E-state index in [2.05, 4.69) is 14.9 Å². The molecule has 0 unspecified atom stereocenters. The van der Waals surface area contributed by atoms with E-state index >= 15 is 0 Å². The quantitative estimate of drug-likeness (QED) is 0.470. The normalized spacial score (nSPS) is 13.9. The summed E-state index contributed by atoms with van der Waals surface area (Å²) >= 11 is 6.07. The van der Waals surface area contributed by atoms with E-state index in [0.717, 1.165) is 22.6 Å². The van der Waals surface area contributed by atoms with Gasteiger partial charge in [-0.05, 0) is 55.5 Å². The molecule has 7 heteroatoms. The molecular weight excluding hydrogens is 372 g/mol. The van der Waals surface area contributed by atoms with Crippen LogP contribution >= 0.6 is 11.6 Å². The van der Waals surface area contributed by atoms with E-state index in [1.165, 1.54) is 0 Å². The fourth-order valence-electron chi connectivity index (χ4n) is 3.38. The second-order valence-electron chi connectivity index (χ2n) is 6.52. The molecule has 0 radical (unpaired) electrons. The van der Waals surface area contributed by atoms with Gasteiger partial charge in [0.05, 0.1) is 11.4 Å². The lowest BCUT2D eigenvalue weighted by molar-refractivity contribution is 0.969. The Hall–Kier alpha value is -3.25. The summed E-state index contributed by atoms with van der Waals surface area (Å²) in [6.07, 6.45) is 3.95. The lowest BCUT2D eigenvalue weighted by Crippen LogP contribution is -2.33. The number of rotatable bonds is 2. The molecule has 0 atom stereocenters. The van der Waals surface area contributed by atoms with Crippen molar-refractivity contribution in [3.63, 3.8) is 0 Å². The highest BCUT2D eigenvalue weighted by Gasteiger charge is 2.27. The molecule has 3 aromatic rings. The van der Waals surface area contributed by atoms with Gasteiger partial charge in [0.1, 0.15) is 11.7 Å². The minimum atomic E-state index is 0.313. The van der Waals surface area contributed by atoms with Crippen LogP contribution in [0.2, 0.25) is 5.02 Å². The Morgan fingerprint density at radius 3 is 2.43 bits per heavy atom. The lowest BCUT2D eigenvalue weighted by atomic mass is 10.1. The number of amidine groups is 2. The summed E-state index contributed by atoms with van der Waals surface area (Å²) in [6.45, 7) is 2.32. The molecule has 0 fully saturated rings. The smallest absolute Gasteiger partial charge is 0.159 e. The van der Waals surface area contributed by atoms with Crippen LogP contribution in [0.3, 0.4) is 0 Å². The summed E-state index contributed by atoms with van der Waals surface area (Å²) in [5.74, 6) is 1.35. The zero-order valence-electron chi connectivity index (χ0n) is 15.4. The number of nitrogens with zero attached hydrogens (tertiary/aromatic N) is 4. The SMILES string of the molecule is CC(=N)N1C(=N)CCN(c2ccc(Cl)cc2)c2cc(-c3ncccn3)ccc21. The maximum absolute atomic E-state index is 8.46. The van der Waals surface area contributed by atoms with Crippen LogP contribution in [-0.2, 0) is 0 Å². The highest BCUT2D eigenvalue weighted by atomic mass is 35.5. The molecule has 1 aliphatic heterocycles. The van der Waals surface area contributed by atoms with Crippen molar-refractivity contribution in [2.24, 2.45) is 0 Å². The molecule has 6 nitrogen and oxygen atoms in total. The molecule has 0 saturated heterocycles. The number of aromatic nitrogens is 2. The third-order valence-electron chi connectivity index (χ3n) is 4.65. The molecule has 1 aromatic heterocycles. The maximum Gasteiger partial charge on any atom is 0.159 e. The van der Waals surface area contributed by atoms with Gasteiger partial charge in [0, 0.05) is 41.6 Å². The van der Waals surface area contributed by atoms with Crippen molar-refractivity contribution < 1.29 is 0 Å². The fourth-order valence-corrected chi connectivity index (χ4v) is 3.51. The first-order valence-electron chi connectivity index (χ1n) is 8.92. The number of anilines is 3. The van der Waals surface area contributed by atoms with Crippen LogP contribution in [0.5, 0.6) is 0 Å². The summed E-state index contributed by atoms with van der Waals surface area (Å²) in [7, 11) is 0. The average molecular weight is 391 g/mol. The number of hydrogen-bond donors (Lipinski definition) is 2. The Labute approximate surface area is 168 Å². The molecule has 4 rings (SSSR count). The van der Waals surface area contributed by atoms with Gasteiger partial charge in [-0.3, -0.25) is 15.7 Å². The highest BCUT2D eigenvalue weighted by molar-refractivity contribution is 6.30. The van der Waals surface area contributed by atoms with E-state index < -0.39 is 0 Å². The summed E-state index contributed by atoms with van der Waals surface area (Å²) in [6, 6.07) is 15.3. The highest BCUT2D eigenvalue weighted by Crippen LogP contribution is 2.40. The zero-order valence-corrected chi connectivity index (χ0v) is 16.1. The van der Waals surface area contributed by atoms with E-state index in [-0.39, 0.29) is 0 Å².